The Labute approximate surface area is 230 Å². The van der Waals surface area contributed by atoms with Crippen LogP contribution in [0.15, 0.2) is 47.6 Å². The van der Waals surface area contributed by atoms with E-state index in [4.69, 9.17) is 32.7 Å². The highest BCUT2D eigenvalue weighted by Gasteiger charge is 2.24. The van der Waals surface area contributed by atoms with E-state index in [-0.39, 0.29) is 34.8 Å². The van der Waals surface area contributed by atoms with Gasteiger partial charge in [0.25, 0.3) is 0 Å². The van der Waals surface area contributed by atoms with Crippen LogP contribution in [0.1, 0.15) is 24.0 Å². The van der Waals surface area contributed by atoms with Gasteiger partial charge in [-0.3, -0.25) is 9.69 Å². The van der Waals surface area contributed by atoms with Crippen LogP contribution in [-0.2, 0) is 21.1 Å². The van der Waals surface area contributed by atoms with Crippen molar-refractivity contribution in [2.45, 2.75) is 37.2 Å². The molecule has 4 rings (SSSR count). The Morgan fingerprint density at radius 3 is 2.37 bits per heavy atom. The number of hydrogen-bond donors (Lipinski definition) is 0. The number of aromatic nitrogens is 2. The predicted octanol–water partition coefficient (Wildman–Crippen LogP) is 5.08. The van der Waals surface area contributed by atoms with E-state index in [1.165, 1.54) is 18.5 Å². The van der Waals surface area contributed by atoms with Crippen molar-refractivity contribution in [1.82, 2.24) is 14.9 Å². The highest BCUT2D eigenvalue weighted by molar-refractivity contribution is 7.90. The third kappa shape index (κ3) is 7.41. The number of likely N-dealkylation sites (tertiary alicyclic amines) is 1. The quantitative estimate of drug-likeness (QED) is 0.345. The normalized spacial score (nSPS) is 14.9. The fourth-order valence-electron chi connectivity index (χ4n) is 4.13. The number of piperidine rings is 1. The van der Waals surface area contributed by atoms with E-state index in [1.807, 2.05) is 0 Å². The second kappa shape index (κ2) is 11.9. The van der Waals surface area contributed by atoms with Gasteiger partial charge in [0.2, 0.25) is 11.8 Å². The molecule has 0 spiro atoms. The van der Waals surface area contributed by atoms with E-state index < -0.39 is 15.7 Å². The van der Waals surface area contributed by atoms with Crippen molar-refractivity contribution < 1.29 is 27.1 Å². The topological polar surface area (TPSA) is 98.7 Å². The van der Waals surface area contributed by atoms with Crippen molar-refractivity contribution >= 4 is 38.8 Å². The molecule has 3 aromatic rings. The number of ether oxygens (including phenoxy) is 2. The number of ketones is 1. The van der Waals surface area contributed by atoms with Crippen LogP contribution in [0, 0.1) is 12.7 Å². The van der Waals surface area contributed by atoms with E-state index in [2.05, 4.69) is 14.9 Å². The van der Waals surface area contributed by atoms with Gasteiger partial charge in [-0.1, -0.05) is 23.2 Å². The number of sulfone groups is 1. The summed E-state index contributed by atoms with van der Waals surface area (Å²) in [4.78, 5) is 22.8. The number of benzene rings is 2. The van der Waals surface area contributed by atoms with Gasteiger partial charge in [0, 0.05) is 35.8 Å². The molecule has 2 heterocycles. The maximum Gasteiger partial charge on any atom is 0.229 e. The van der Waals surface area contributed by atoms with Crippen LogP contribution in [0.4, 0.5) is 4.39 Å². The number of rotatable bonds is 9. The fourth-order valence-corrected chi connectivity index (χ4v) is 5.33. The predicted molar refractivity (Wildman–Crippen MR) is 142 cm³/mol. The van der Waals surface area contributed by atoms with E-state index in [9.17, 15) is 17.6 Å². The lowest BCUT2D eigenvalue weighted by Gasteiger charge is -2.31. The summed E-state index contributed by atoms with van der Waals surface area (Å²) in [5.74, 6) is -0.495. The Bertz CT molecular complexity index is 1430. The van der Waals surface area contributed by atoms with Gasteiger partial charge in [0.05, 0.1) is 17.0 Å². The summed E-state index contributed by atoms with van der Waals surface area (Å²) in [5, 5.41) is 1.00. The van der Waals surface area contributed by atoms with E-state index in [0.717, 1.165) is 17.9 Å². The van der Waals surface area contributed by atoms with Gasteiger partial charge >= 0.3 is 0 Å². The Hall–Kier alpha value is -2.79. The maximum atomic E-state index is 14.5. The molecule has 1 aliphatic heterocycles. The molecule has 1 aliphatic rings. The number of Topliss-reactive ketones (excluding diaryl/α,β-unsaturated/α-hetero) is 1. The van der Waals surface area contributed by atoms with Gasteiger partial charge in [-0.2, -0.15) is 0 Å². The van der Waals surface area contributed by atoms with Crippen molar-refractivity contribution in [2.75, 3.05) is 25.9 Å². The minimum absolute atomic E-state index is 0.0768. The highest BCUT2D eigenvalue weighted by atomic mass is 35.5. The summed E-state index contributed by atoms with van der Waals surface area (Å²) in [5.41, 5.74) is 1.27. The van der Waals surface area contributed by atoms with Crippen molar-refractivity contribution in [2.24, 2.45) is 0 Å². The highest BCUT2D eigenvalue weighted by Crippen LogP contribution is 2.31. The molecule has 0 bridgehead atoms. The first kappa shape index (κ1) is 28.2. The number of hydrogen-bond acceptors (Lipinski definition) is 8. The van der Waals surface area contributed by atoms with Crippen LogP contribution in [-0.4, -0.2) is 61.1 Å². The Kier molecular flexibility index (Phi) is 8.87. The molecule has 202 valence electrons. The van der Waals surface area contributed by atoms with Crippen LogP contribution in [0.3, 0.4) is 0 Å². The standard InChI is InChI=1S/C26H26Cl2FN3O5S/c1-16-25(30-15-31-26(16)37-24-4-3-22(13-23(24)29)38(2,34)35)36-21-5-7-32(8-6-21)14-20(33)11-17-9-18(27)12-19(28)10-17/h3-4,9-10,12-13,15,21H,5-8,11,14H2,1-2H3. The first-order valence-electron chi connectivity index (χ1n) is 11.8. The van der Waals surface area contributed by atoms with Crippen LogP contribution in [0.25, 0.3) is 0 Å². The lowest BCUT2D eigenvalue weighted by molar-refractivity contribution is -0.120. The molecule has 38 heavy (non-hydrogen) atoms. The van der Waals surface area contributed by atoms with Gasteiger partial charge in [-0.25, -0.2) is 22.8 Å². The molecule has 0 atom stereocenters. The molecule has 1 fully saturated rings. The number of halogens is 3. The van der Waals surface area contributed by atoms with Crippen molar-refractivity contribution in [1.29, 1.82) is 0 Å². The molecular formula is C26H26Cl2FN3O5S. The Morgan fingerprint density at radius 2 is 1.74 bits per heavy atom. The van der Waals surface area contributed by atoms with Gasteiger partial charge in [0.15, 0.2) is 27.2 Å². The molecule has 0 N–H and O–H groups in total. The molecule has 0 radical (unpaired) electrons. The summed E-state index contributed by atoms with van der Waals surface area (Å²) in [6.07, 6.45) is 3.78. The summed E-state index contributed by atoms with van der Waals surface area (Å²) in [6, 6.07) is 8.53. The minimum atomic E-state index is -3.55. The second-order valence-corrected chi connectivity index (χ2v) is 12.1. The van der Waals surface area contributed by atoms with Crippen LogP contribution < -0.4 is 9.47 Å². The molecule has 2 aromatic carbocycles. The largest absolute Gasteiger partial charge is 0.474 e. The van der Waals surface area contributed by atoms with Gasteiger partial charge in [0.1, 0.15) is 12.4 Å². The molecular weight excluding hydrogens is 556 g/mol. The zero-order chi connectivity index (χ0) is 27.4. The molecule has 0 saturated carbocycles. The van der Waals surface area contributed by atoms with Crippen molar-refractivity contribution in [3.8, 4) is 17.5 Å². The summed E-state index contributed by atoms with van der Waals surface area (Å²) in [7, 11) is -3.55. The summed E-state index contributed by atoms with van der Waals surface area (Å²) >= 11 is 12.0. The van der Waals surface area contributed by atoms with Gasteiger partial charge in [-0.05, 0) is 61.7 Å². The maximum absolute atomic E-state index is 14.5. The second-order valence-electron chi connectivity index (χ2n) is 9.16. The zero-order valence-corrected chi connectivity index (χ0v) is 23.1. The van der Waals surface area contributed by atoms with E-state index in [0.29, 0.717) is 54.0 Å². The SMILES string of the molecule is Cc1c(Oc2ccc(S(C)(=O)=O)cc2F)ncnc1OC1CCN(CC(=O)Cc2cc(Cl)cc(Cl)c2)CC1. The number of carbonyl (C=O) groups excluding carboxylic acids is 1. The Morgan fingerprint density at radius 1 is 1.08 bits per heavy atom. The van der Waals surface area contributed by atoms with Gasteiger partial charge in [-0.15, -0.1) is 0 Å². The summed E-state index contributed by atoms with van der Waals surface area (Å²) < 4.78 is 49.4. The van der Waals surface area contributed by atoms with Gasteiger partial charge < -0.3 is 9.47 Å². The molecule has 1 saturated heterocycles. The number of nitrogens with zero attached hydrogens (tertiary/aromatic N) is 3. The third-order valence-electron chi connectivity index (χ3n) is 6.07. The molecule has 0 aliphatic carbocycles. The molecule has 8 nitrogen and oxygen atoms in total. The Balaban J connectivity index is 1.32. The smallest absolute Gasteiger partial charge is 0.229 e. The average Bonchev–Trinajstić information content (AvgIpc) is 2.82. The first-order valence-corrected chi connectivity index (χ1v) is 14.5. The number of carbonyl (C=O) groups is 1. The molecule has 0 amide bonds. The molecule has 12 heteroatoms. The van der Waals surface area contributed by atoms with Crippen molar-refractivity contribution in [3.63, 3.8) is 0 Å². The molecule has 0 unspecified atom stereocenters. The lowest BCUT2D eigenvalue weighted by atomic mass is 10.1. The average molecular weight is 582 g/mol. The fraction of sp³-hybridized carbons (Fsp3) is 0.346. The van der Waals surface area contributed by atoms with E-state index >= 15 is 0 Å². The van der Waals surface area contributed by atoms with Crippen LogP contribution in [0.5, 0.6) is 17.5 Å². The van der Waals surface area contributed by atoms with Crippen LogP contribution in [0.2, 0.25) is 10.0 Å². The van der Waals surface area contributed by atoms with Crippen LogP contribution >= 0.6 is 23.2 Å². The summed E-state index contributed by atoms with van der Waals surface area (Å²) in [6.45, 7) is 3.38. The molecule has 1 aromatic heterocycles. The van der Waals surface area contributed by atoms with Crippen molar-refractivity contribution in [3.05, 3.63) is 69.7 Å². The minimum Gasteiger partial charge on any atom is -0.474 e. The first-order chi connectivity index (χ1) is 18.0. The zero-order valence-electron chi connectivity index (χ0n) is 20.8. The monoisotopic (exact) mass is 581 g/mol. The third-order valence-corrected chi connectivity index (χ3v) is 7.61. The van der Waals surface area contributed by atoms with E-state index in [1.54, 1.807) is 25.1 Å². The lowest BCUT2D eigenvalue weighted by Crippen LogP contribution is -2.41.